The Morgan fingerprint density at radius 2 is 1.84 bits per heavy atom. The average molecular weight is 506 g/mol. The first kappa shape index (κ1) is 21.7. The van der Waals surface area contributed by atoms with E-state index >= 15 is 0 Å². The Hall–Kier alpha value is -2.56. The Bertz CT molecular complexity index is 1020. The molecule has 2 aromatic rings. The molecule has 2 aliphatic rings. The fourth-order valence-corrected chi connectivity index (χ4v) is 4.04. The van der Waals surface area contributed by atoms with E-state index in [2.05, 4.69) is 33.9 Å². The first-order valence-corrected chi connectivity index (χ1v) is 10.9. The van der Waals surface area contributed by atoms with Gasteiger partial charge in [0.25, 0.3) is 11.8 Å². The molecule has 2 fully saturated rings. The highest BCUT2D eigenvalue weighted by Crippen LogP contribution is 2.26. The van der Waals surface area contributed by atoms with Crippen molar-refractivity contribution < 1.29 is 23.9 Å². The van der Waals surface area contributed by atoms with E-state index in [1.807, 2.05) is 0 Å². The summed E-state index contributed by atoms with van der Waals surface area (Å²) in [6.07, 6.45) is -0.959. The third-order valence-electron chi connectivity index (χ3n) is 5.03. The van der Waals surface area contributed by atoms with E-state index in [1.54, 1.807) is 47.4 Å². The number of benzene rings is 2. The number of morpholine rings is 1. The number of nitrogens with zero attached hydrogens (tertiary/aromatic N) is 2. The van der Waals surface area contributed by atoms with Gasteiger partial charge in [-0.1, -0.05) is 15.9 Å². The number of nitrogens with one attached hydrogen (secondary N) is 1. The summed E-state index contributed by atoms with van der Waals surface area (Å²) in [5.74, 6) is -0.384. The molecular weight excluding hydrogens is 486 g/mol. The molecule has 2 aromatic carbocycles. The second kappa shape index (κ2) is 9.29. The van der Waals surface area contributed by atoms with Crippen molar-refractivity contribution in [2.75, 3.05) is 42.6 Å². The zero-order valence-electron chi connectivity index (χ0n) is 16.4. The van der Waals surface area contributed by atoms with E-state index in [-0.39, 0.29) is 25.0 Å². The van der Waals surface area contributed by atoms with Gasteiger partial charge in [-0.25, -0.2) is 4.79 Å². The molecule has 10 heteroatoms. The number of carbonyl (C=O) groups is 3. The molecule has 0 spiro atoms. The molecule has 31 heavy (non-hydrogen) atoms. The number of anilines is 2. The van der Waals surface area contributed by atoms with Crippen molar-refractivity contribution in [1.82, 2.24) is 5.32 Å². The van der Waals surface area contributed by atoms with Crippen molar-refractivity contribution in [3.8, 4) is 0 Å². The molecule has 0 aliphatic carbocycles. The van der Waals surface area contributed by atoms with Crippen LogP contribution in [-0.2, 0) is 14.3 Å². The minimum Gasteiger partial charge on any atom is -0.442 e. The minimum atomic E-state index is -0.480. The van der Waals surface area contributed by atoms with Gasteiger partial charge in [0.15, 0.2) is 0 Å². The van der Waals surface area contributed by atoms with E-state index in [4.69, 9.17) is 9.47 Å². The molecule has 2 aliphatic heterocycles. The monoisotopic (exact) mass is 505 g/mol. The number of hydrogen-bond donors (Lipinski definition) is 2. The molecule has 1 N–H and O–H groups in total. The first-order valence-electron chi connectivity index (χ1n) is 9.65. The Morgan fingerprint density at radius 3 is 2.55 bits per heavy atom. The van der Waals surface area contributed by atoms with Crippen molar-refractivity contribution in [3.63, 3.8) is 0 Å². The third kappa shape index (κ3) is 4.86. The van der Waals surface area contributed by atoms with Gasteiger partial charge in [-0.2, -0.15) is 0 Å². The molecule has 0 saturated carbocycles. The van der Waals surface area contributed by atoms with Crippen molar-refractivity contribution in [3.05, 3.63) is 52.5 Å². The van der Waals surface area contributed by atoms with Crippen LogP contribution in [-0.4, -0.2) is 56.9 Å². The van der Waals surface area contributed by atoms with Gasteiger partial charge >= 0.3 is 6.09 Å². The second-order valence-electron chi connectivity index (χ2n) is 7.10. The SMILES string of the molecule is O=C(NC[C@H]1CN(c2ccc(N3CCOCC3=O)cc2)C(=O)O1)c1cc(Br)ccc1S. The van der Waals surface area contributed by atoms with Crippen LogP contribution in [0.25, 0.3) is 0 Å². The van der Waals surface area contributed by atoms with Gasteiger partial charge in [-0.3, -0.25) is 14.5 Å². The Morgan fingerprint density at radius 1 is 1.13 bits per heavy atom. The third-order valence-corrected chi connectivity index (χ3v) is 5.91. The van der Waals surface area contributed by atoms with Crippen molar-refractivity contribution >= 4 is 57.8 Å². The predicted molar refractivity (Wildman–Crippen MR) is 121 cm³/mol. The maximum absolute atomic E-state index is 12.4. The van der Waals surface area contributed by atoms with Crippen molar-refractivity contribution in [1.29, 1.82) is 0 Å². The standard InChI is InChI=1S/C21H20BrN3O5S/c22-13-1-6-18(31)17(9-13)20(27)23-10-16-11-25(21(28)30-16)15-4-2-14(3-5-15)24-7-8-29-12-19(24)26/h1-6,9,16,31H,7-8,10-12H2,(H,23,27)/t16-/m0/s1. The Labute approximate surface area is 193 Å². The van der Waals surface area contributed by atoms with Crippen molar-refractivity contribution in [2.45, 2.75) is 11.0 Å². The molecule has 2 heterocycles. The number of rotatable bonds is 5. The number of carbonyl (C=O) groups excluding carboxylic acids is 3. The lowest BCUT2D eigenvalue weighted by molar-refractivity contribution is -0.125. The van der Waals surface area contributed by atoms with Crippen LogP contribution in [0.1, 0.15) is 10.4 Å². The van der Waals surface area contributed by atoms with Crippen LogP contribution in [0.3, 0.4) is 0 Å². The number of ether oxygens (including phenoxy) is 2. The van der Waals surface area contributed by atoms with E-state index in [0.717, 1.165) is 10.2 Å². The summed E-state index contributed by atoms with van der Waals surface area (Å²) in [6, 6.07) is 12.4. The van der Waals surface area contributed by atoms with Crippen LogP contribution in [0, 0.1) is 0 Å². The summed E-state index contributed by atoms with van der Waals surface area (Å²) in [5, 5.41) is 2.79. The second-order valence-corrected chi connectivity index (χ2v) is 8.50. The lowest BCUT2D eigenvalue weighted by Gasteiger charge is -2.27. The van der Waals surface area contributed by atoms with Crippen LogP contribution < -0.4 is 15.1 Å². The first-order chi connectivity index (χ1) is 14.9. The summed E-state index contributed by atoms with van der Waals surface area (Å²) in [5.41, 5.74) is 1.85. The van der Waals surface area contributed by atoms with Crippen LogP contribution in [0.4, 0.5) is 16.2 Å². The van der Waals surface area contributed by atoms with Crippen LogP contribution in [0.2, 0.25) is 0 Å². The average Bonchev–Trinajstić information content (AvgIpc) is 3.15. The molecule has 0 unspecified atom stereocenters. The lowest BCUT2D eigenvalue weighted by Crippen LogP contribution is -2.41. The fourth-order valence-electron chi connectivity index (χ4n) is 3.43. The van der Waals surface area contributed by atoms with Crippen LogP contribution >= 0.6 is 28.6 Å². The van der Waals surface area contributed by atoms with Crippen LogP contribution in [0.5, 0.6) is 0 Å². The summed E-state index contributed by atoms with van der Waals surface area (Å²) < 4.78 is 11.3. The Balaban J connectivity index is 1.36. The smallest absolute Gasteiger partial charge is 0.414 e. The van der Waals surface area contributed by atoms with Gasteiger partial charge in [0, 0.05) is 27.3 Å². The van der Waals surface area contributed by atoms with Gasteiger partial charge in [0.1, 0.15) is 12.7 Å². The molecule has 0 radical (unpaired) electrons. The fraction of sp³-hybridized carbons (Fsp3) is 0.286. The molecular formula is C21H20BrN3O5S. The van der Waals surface area contributed by atoms with Gasteiger partial charge in [0.2, 0.25) is 0 Å². The highest BCUT2D eigenvalue weighted by molar-refractivity contribution is 9.10. The summed E-state index contributed by atoms with van der Waals surface area (Å²) in [6.45, 7) is 1.55. The normalized spacial score (nSPS) is 18.8. The number of halogens is 1. The number of amides is 3. The highest BCUT2D eigenvalue weighted by Gasteiger charge is 2.33. The number of hydrogen-bond acceptors (Lipinski definition) is 6. The molecule has 4 rings (SSSR count). The summed E-state index contributed by atoms with van der Waals surface area (Å²) >= 11 is 7.65. The van der Waals surface area contributed by atoms with Gasteiger partial charge in [-0.15, -0.1) is 12.6 Å². The maximum atomic E-state index is 12.4. The zero-order chi connectivity index (χ0) is 22.0. The van der Waals surface area contributed by atoms with E-state index in [0.29, 0.717) is 35.8 Å². The maximum Gasteiger partial charge on any atom is 0.414 e. The van der Waals surface area contributed by atoms with E-state index < -0.39 is 12.2 Å². The molecule has 162 valence electrons. The number of cyclic esters (lactones) is 1. The topological polar surface area (TPSA) is 88.2 Å². The van der Waals surface area contributed by atoms with Gasteiger partial charge < -0.3 is 19.7 Å². The van der Waals surface area contributed by atoms with Crippen LogP contribution in [0.15, 0.2) is 51.8 Å². The zero-order valence-corrected chi connectivity index (χ0v) is 18.9. The largest absolute Gasteiger partial charge is 0.442 e. The van der Waals surface area contributed by atoms with Gasteiger partial charge in [0.05, 0.1) is 25.3 Å². The lowest BCUT2D eigenvalue weighted by atomic mass is 10.2. The minimum absolute atomic E-state index is 0.0717. The molecule has 0 aromatic heterocycles. The molecule has 2 saturated heterocycles. The molecule has 0 bridgehead atoms. The number of thiol groups is 1. The predicted octanol–water partition coefficient (Wildman–Crippen LogP) is 2.86. The molecule has 3 amide bonds. The van der Waals surface area contributed by atoms with E-state index in [1.165, 1.54) is 4.90 Å². The van der Waals surface area contributed by atoms with Crippen molar-refractivity contribution in [2.24, 2.45) is 0 Å². The molecule has 8 nitrogen and oxygen atoms in total. The quantitative estimate of drug-likeness (QED) is 0.610. The molecule has 1 atom stereocenters. The van der Waals surface area contributed by atoms with Gasteiger partial charge in [-0.05, 0) is 42.5 Å². The highest BCUT2D eigenvalue weighted by atomic mass is 79.9. The van der Waals surface area contributed by atoms with E-state index in [9.17, 15) is 14.4 Å². The summed E-state index contributed by atoms with van der Waals surface area (Å²) in [7, 11) is 0. The summed E-state index contributed by atoms with van der Waals surface area (Å²) in [4.78, 5) is 40.5. The Kier molecular flexibility index (Phi) is 6.49.